The number of phosphoric acid groups is 1. The minimum atomic E-state index is -4.35. The van der Waals surface area contributed by atoms with E-state index in [1.807, 2.05) is 0 Å². The van der Waals surface area contributed by atoms with Crippen LogP contribution >= 0.6 is 7.82 Å². The number of hydrogen-bond donors (Lipinski definition) is 2. The molecule has 0 amide bonds. The summed E-state index contributed by atoms with van der Waals surface area (Å²) in [5.74, 6) is 0. The Hall–Kier alpha value is 1.09. The first-order valence-electron chi connectivity index (χ1n) is 2.13. The van der Waals surface area contributed by atoms with E-state index >= 15 is 0 Å². The minimum absolute atomic E-state index is 0. The number of hydrogen-bond acceptors (Lipinski definition) is 3. The van der Waals surface area contributed by atoms with Gasteiger partial charge < -0.3 is 23.6 Å². The summed E-state index contributed by atoms with van der Waals surface area (Å²) in [4.78, 5) is 16.0. The van der Waals surface area contributed by atoms with Gasteiger partial charge in [-0.2, -0.15) is 5.26 Å². The average Bonchev–Trinajstić information content (AvgIpc) is 1.63. The first-order valence-corrected chi connectivity index (χ1v) is 3.66. The Morgan fingerprint density at radius 2 is 1.92 bits per heavy atom. The van der Waals surface area contributed by atoms with Crippen LogP contribution in [0.1, 0.15) is 9.27 Å². The fourth-order valence-corrected chi connectivity index (χ4v) is 0.539. The molecular formula is C3H12BaNO6P. The summed E-state index contributed by atoms with van der Waals surface area (Å²) in [7, 11) is -4.35. The van der Waals surface area contributed by atoms with Crippen molar-refractivity contribution in [1.29, 1.82) is 5.26 Å². The van der Waals surface area contributed by atoms with Gasteiger partial charge in [-0.1, -0.05) is 0 Å². The monoisotopic (exact) mass is 327 g/mol. The summed E-state index contributed by atoms with van der Waals surface area (Å²) >= 11 is 0. The molecule has 0 saturated carbocycles. The van der Waals surface area contributed by atoms with Crippen molar-refractivity contribution in [2.24, 2.45) is 0 Å². The van der Waals surface area contributed by atoms with Gasteiger partial charge in [-0.3, -0.25) is 4.52 Å². The Morgan fingerprint density at radius 1 is 1.50 bits per heavy atom. The molecule has 0 aromatic rings. The predicted molar refractivity (Wildman–Crippen MR) is 43.4 cm³/mol. The molecule has 6 N–H and O–H groups in total. The van der Waals surface area contributed by atoms with E-state index in [1.54, 1.807) is 6.07 Å². The Morgan fingerprint density at radius 3 is 2.17 bits per heavy atom. The van der Waals surface area contributed by atoms with Crippen LogP contribution in [0.4, 0.5) is 0 Å². The van der Waals surface area contributed by atoms with Crippen LogP contribution in [0.2, 0.25) is 0 Å². The SMILES string of the molecule is N#CCCOP(=O)(O)O.O.O.[Ba+2].[H-].[H-]. The second-order valence-corrected chi connectivity index (χ2v) is 2.47. The third-order valence-electron chi connectivity index (χ3n) is 0.473. The molecule has 0 unspecified atom stereocenters. The standard InChI is InChI=1S/C3H6NO4P.Ba.2H2O.2H/c4-2-1-3-8-9(5,6)7;;;;;/h1,3H2,(H2,5,6,7);;2*1H2;;/q;+2;;;2*-1. The molecular weight excluding hydrogens is 314 g/mol. The number of rotatable bonds is 3. The Labute approximate surface area is 113 Å². The van der Waals surface area contributed by atoms with Crippen LogP contribution < -0.4 is 0 Å². The van der Waals surface area contributed by atoms with Crippen LogP contribution in [-0.2, 0) is 9.09 Å². The van der Waals surface area contributed by atoms with E-state index in [9.17, 15) is 4.57 Å². The summed E-state index contributed by atoms with van der Waals surface area (Å²) in [6, 6.07) is 1.67. The van der Waals surface area contributed by atoms with Crippen LogP contribution in [0.3, 0.4) is 0 Å². The van der Waals surface area contributed by atoms with Gasteiger partial charge in [0.1, 0.15) is 0 Å². The summed E-state index contributed by atoms with van der Waals surface area (Å²) in [5.41, 5.74) is 0. The number of nitrogens with zero attached hydrogens (tertiary/aromatic N) is 1. The van der Waals surface area contributed by atoms with Gasteiger partial charge in [-0.15, -0.1) is 0 Å². The van der Waals surface area contributed by atoms with E-state index in [1.165, 1.54) is 0 Å². The van der Waals surface area contributed by atoms with Gasteiger partial charge in [0, 0.05) is 0 Å². The van der Waals surface area contributed by atoms with E-state index in [2.05, 4.69) is 4.52 Å². The second kappa shape index (κ2) is 12.1. The molecule has 0 atom stereocenters. The molecule has 0 saturated heterocycles. The minimum Gasteiger partial charge on any atom is -1.00 e. The van der Waals surface area contributed by atoms with Crippen molar-refractivity contribution >= 4 is 56.7 Å². The first-order chi connectivity index (χ1) is 4.06. The predicted octanol–water partition coefficient (Wildman–Crippen LogP) is -1.80. The normalized spacial score (nSPS) is 8.08. The second-order valence-electron chi connectivity index (χ2n) is 1.23. The third-order valence-corrected chi connectivity index (χ3v) is 0.992. The van der Waals surface area contributed by atoms with Crippen molar-refractivity contribution < 1.29 is 32.7 Å². The smallest absolute Gasteiger partial charge is 1.00 e. The molecule has 0 fully saturated rings. The van der Waals surface area contributed by atoms with E-state index in [4.69, 9.17) is 15.0 Å². The zero-order chi connectivity index (χ0) is 7.33. The fraction of sp³-hybridized carbons (Fsp3) is 0.667. The Balaban J connectivity index is -0.0000000320. The van der Waals surface area contributed by atoms with Gasteiger partial charge in [0.05, 0.1) is 19.1 Å². The molecule has 0 spiro atoms. The Bertz CT molecular complexity index is 171. The van der Waals surface area contributed by atoms with E-state index in [0.29, 0.717) is 0 Å². The van der Waals surface area contributed by atoms with E-state index < -0.39 is 7.82 Å². The summed E-state index contributed by atoms with van der Waals surface area (Å²) in [5, 5.41) is 7.88. The van der Waals surface area contributed by atoms with Gasteiger partial charge in [0.15, 0.2) is 0 Å². The molecule has 0 heterocycles. The first kappa shape index (κ1) is 23.2. The van der Waals surface area contributed by atoms with Crippen molar-refractivity contribution in [3.05, 3.63) is 0 Å². The number of nitriles is 1. The van der Waals surface area contributed by atoms with Crippen LogP contribution in [-0.4, -0.2) is 76.2 Å². The molecule has 0 rings (SSSR count). The van der Waals surface area contributed by atoms with Crippen molar-refractivity contribution in [3.8, 4) is 6.07 Å². The summed E-state index contributed by atoms with van der Waals surface area (Å²) < 4.78 is 13.8. The molecule has 0 aliphatic rings. The van der Waals surface area contributed by atoms with Crippen molar-refractivity contribution in [1.82, 2.24) is 0 Å². The van der Waals surface area contributed by atoms with Crippen LogP contribution in [0.5, 0.6) is 0 Å². The van der Waals surface area contributed by atoms with Crippen LogP contribution in [0.25, 0.3) is 0 Å². The molecule has 0 aromatic heterocycles. The van der Waals surface area contributed by atoms with E-state index in [-0.39, 0.29) is 75.7 Å². The van der Waals surface area contributed by atoms with Gasteiger partial charge >= 0.3 is 56.7 Å². The summed E-state index contributed by atoms with van der Waals surface area (Å²) in [6.45, 7) is -0.221. The van der Waals surface area contributed by atoms with Crippen molar-refractivity contribution in [3.63, 3.8) is 0 Å². The largest absolute Gasteiger partial charge is 2.00 e. The van der Waals surface area contributed by atoms with Gasteiger partial charge in [-0.25, -0.2) is 4.57 Å². The van der Waals surface area contributed by atoms with Crippen molar-refractivity contribution in [2.45, 2.75) is 6.42 Å². The maximum Gasteiger partial charge on any atom is 2.00 e. The topological polar surface area (TPSA) is 154 Å². The quantitative estimate of drug-likeness (QED) is 0.356. The molecule has 72 valence electrons. The van der Waals surface area contributed by atoms with Crippen LogP contribution in [0.15, 0.2) is 0 Å². The molecule has 0 aliphatic carbocycles. The maximum atomic E-state index is 9.87. The van der Waals surface area contributed by atoms with E-state index in [0.717, 1.165) is 0 Å². The zero-order valence-corrected chi connectivity index (χ0v) is 11.6. The molecule has 0 radical (unpaired) electrons. The molecule has 0 aromatic carbocycles. The maximum absolute atomic E-state index is 9.87. The van der Waals surface area contributed by atoms with Gasteiger partial charge in [-0.05, 0) is 0 Å². The Kier molecular flexibility index (Phi) is 23.3. The molecule has 12 heavy (non-hydrogen) atoms. The molecule has 0 bridgehead atoms. The fourth-order valence-electron chi connectivity index (χ4n) is 0.210. The van der Waals surface area contributed by atoms with Crippen molar-refractivity contribution in [2.75, 3.05) is 6.61 Å². The zero-order valence-electron chi connectivity index (χ0n) is 8.23. The third kappa shape index (κ3) is 22.5. The molecule has 7 nitrogen and oxygen atoms in total. The number of phosphoric ester groups is 1. The summed E-state index contributed by atoms with van der Waals surface area (Å²) in [6.07, 6.45) is -0.00882. The van der Waals surface area contributed by atoms with Crippen LogP contribution in [0, 0.1) is 11.3 Å². The average molecular weight is 326 g/mol. The van der Waals surface area contributed by atoms with Gasteiger partial charge in [0.2, 0.25) is 0 Å². The molecule has 0 aliphatic heterocycles. The molecule has 9 heteroatoms. The van der Waals surface area contributed by atoms with Gasteiger partial charge in [0.25, 0.3) is 0 Å².